The monoisotopic (exact) mass is 775 g/mol. The first-order valence-corrected chi connectivity index (χ1v) is 19.5. The molecular formula is C41H50BrN3O7. The summed E-state index contributed by atoms with van der Waals surface area (Å²) in [6.07, 6.45) is 8.10. The highest BCUT2D eigenvalue weighted by Crippen LogP contribution is 2.61. The maximum absolute atomic E-state index is 15.1. The summed E-state index contributed by atoms with van der Waals surface area (Å²) in [6.45, 7) is 7.61. The summed E-state index contributed by atoms with van der Waals surface area (Å²) in [5.74, 6) is -3.49. The van der Waals surface area contributed by atoms with E-state index in [1.807, 2.05) is 65.6 Å². The number of esters is 1. The highest BCUT2D eigenvalue weighted by Gasteiger charge is 2.77. The first-order valence-electron chi connectivity index (χ1n) is 18.6. The van der Waals surface area contributed by atoms with Crippen molar-refractivity contribution in [3.8, 4) is 0 Å². The molecule has 52 heavy (non-hydrogen) atoms. The summed E-state index contributed by atoms with van der Waals surface area (Å²) in [5, 5.41) is 13.8. The number of carbonyl (C=O) groups is 4. The number of aliphatic hydroxyl groups is 1. The zero-order chi connectivity index (χ0) is 36.8. The normalized spacial score (nSPS) is 27.8. The van der Waals surface area contributed by atoms with Crippen molar-refractivity contribution in [1.29, 1.82) is 0 Å². The Morgan fingerprint density at radius 1 is 1.06 bits per heavy atom. The fourth-order valence-electron chi connectivity index (χ4n) is 8.90. The van der Waals surface area contributed by atoms with Gasteiger partial charge in [-0.05, 0) is 43.2 Å². The molecule has 1 saturated carbocycles. The maximum Gasteiger partial charge on any atom is 0.313 e. The van der Waals surface area contributed by atoms with Gasteiger partial charge in [0.05, 0.1) is 37.1 Å². The van der Waals surface area contributed by atoms with Crippen LogP contribution in [0.2, 0.25) is 0 Å². The zero-order valence-corrected chi connectivity index (χ0v) is 31.2. The number of amides is 3. The number of nitrogens with zero attached hydrogens (tertiary/aromatic N) is 2. The summed E-state index contributed by atoms with van der Waals surface area (Å²) in [4.78, 5) is 60.2. The van der Waals surface area contributed by atoms with Crippen LogP contribution in [0.3, 0.4) is 0 Å². The summed E-state index contributed by atoms with van der Waals surface area (Å²) in [5.41, 5.74) is 0.277. The topological polar surface area (TPSA) is 125 Å². The minimum Gasteiger partial charge on any atom is -0.455 e. The van der Waals surface area contributed by atoms with Crippen LogP contribution in [0, 0.1) is 11.8 Å². The molecule has 1 spiro atoms. The molecule has 3 amide bonds. The van der Waals surface area contributed by atoms with Gasteiger partial charge in [0, 0.05) is 23.8 Å². The number of alkyl halides is 1. The van der Waals surface area contributed by atoms with Crippen molar-refractivity contribution >= 4 is 39.6 Å². The Balaban J connectivity index is 1.36. The predicted molar refractivity (Wildman–Crippen MR) is 200 cm³/mol. The van der Waals surface area contributed by atoms with Crippen LogP contribution >= 0.6 is 15.9 Å². The summed E-state index contributed by atoms with van der Waals surface area (Å²) in [6, 6.07) is 16.9. The average Bonchev–Trinajstić information content (AvgIpc) is 3.77. The molecule has 3 heterocycles. The molecule has 3 saturated heterocycles. The van der Waals surface area contributed by atoms with E-state index in [0.717, 1.165) is 37.7 Å². The number of hydrogen-bond acceptors (Lipinski definition) is 7. The van der Waals surface area contributed by atoms with Crippen LogP contribution in [0.5, 0.6) is 0 Å². The molecule has 8 atom stereocenters. The highest BCUT2D eigenvalue weighted by molar-refractivity contribution is 9.09. The van der Waals surface area contributed by atoms with Gasteiger partial charge in [0.15, 0.2) is 0 Å². The second kappa shape index (κ2) is 16.9. The summed E-state index contributed by atoms with van der Waals surface area (Å²) in [7, 11) is 0. The van der Waals surface area contributed by atoms with Crippen molar-refractivity contribution in [2.45, 2.75) is 98.5 Å². The molecule has 2 aromatic rings. The molecule has 6 rings (SSSR count). The Morgan fingerprint density at radius 2 is 1.75 bits per heavy atom. The lowest BCUT2D eigenvalue weighted by Gasteiger charge is -2.42. The van der Waals surface area contributed by atoms with Gasteiger partial charge in [-0.25, -0.2) is 0 Å². The number of hydrogen-bond donors (Lipinski definition) is 2. The molecule has 4 aliphatic rings. The summed E-state index contributed by atoms with van der Waals surface area (Å²) < 4.78 is 13.0. The standard InChI is InChI=1S/C41H50BrN3O7/c1-3-5-21-33(47)43-25-32(28-17-11-7-12-18-28)51-40(50)34-35-38(48)45(30(26-46)23-27-15-9-6-10-16-27)37(41(35)24-31(42)36(34)52-41)39(49)44(22-4-2)29-19-13-8-14-20-29/h3-4,6-7,9-12,15-18,29-32,34-37,46H,1-2,5,8,13-14,19-26H2,(H,43,47)/t30-,31?,32+,34+,35-,36+,37+,41-/m1/s1. The van der Waals surface area contributed by atoms with Crippen molar-refractivity contribution < 1.29 is 33.8 Å². The SMILES string of the molecule is C=CCCC(=O)NC[C@H](OC(=O)[C@@H]1[C@H]2O[C@@]3(CC2Br)[C@H](C(=O)N(CC=C)C2CCCCC2)N([C@@H](CO)Cc2ccccc2)C(=O)[C@@H]13)c1ccccc1. The van der Waals surface area contributed by atoms with Crippen molar-refractivity contribution in [2.24, 2.45) is 11.8 Å². The lowest BCUT2D eigenvalue weighted by molar-refractivity contribution is -0.161. The van der Waals surface area contributed by atoms with Crippen LogP contribution in [0.4, 0.5) is 0 Å². The number of carbonyl (C=O) groups excluding carboxylic acids is 4. The number of fused-ring (bicyclic) bond motifs is 1. The lowest BCUT2D eigenvalue weighted by Crippen LogP contribution is -2.60. The van der Waals surface area contributed by atoms with Crippen molar-refractivity contribution in [1.82, 2.24) is 15.1 Å². The minimum atomic E-state index is -1.32. The van der Waals surface area contributed by atoms with Crippen molar-refractivity contribution in [3.63, 3.8) is 0 Å². The highest BCUT2D eigenvalue weighted by atomic mass is 79.9. The fourth-order valence-corrected chi connectivity index (χ4v) is 9.84. The van der Waals surface area contributed by atoms with Crippen LogP contribution in [0.1, 0.15) is 68.6 Å². The van der Waals surface area contributed by atoms with E-state index in [4.69, 9.17) is 9.47 Å². The lowest BCUT2D eigenvalue weighted by atomic mass is 9.70. The molecule has 0 radical (unpaired) electrons. The molecule has 3 aliphatic heterocycles. The van der Waals surface area contributed by atoms with E-state index in [0.29, 0.717) is 31.4 Å². The number of rotatable bonds is 16. The molecule has 2 aromatic carbocycles. The van der Waals surface area contributed by atoms with Crippen LogP contribution in [0.25, 0.3) is 0 Å². The third kappa shape index (κ3) is 7.50. The molecule has 278 valence electrons. The van der Waals surface area contributed by atoms with Gasteiger partial charge in [-0.2, -0.15) is 0 Å². The van der Waals surface area contributed by atoms with E-state index >= 15 is 4.79 Å². The van der Waals surface area contributed by atoms with Gasteiger partial charge >= 0.3 is 5.97 Å². The number of likely N-dealkylation sites (tertiary alicyclic amines) is 1. The number of nitrogens with one attached hydrogen (secondary N) is 1. The predicted octanol–water partition coefficient (Wildman–Crippen LogP) is 5.05. The zero-order valence-electron chi connectivity index (χ0n) is 29.6. The largest absolute Gasteiger partial charge is 0.455 e. The molecular weight excluding hydrogens is 726 g/mol. The maximum atomic E-state index is 15.1. The van der Waals surface area contributed by atoms with Crippen molar-refractivity contribution in [3.05, 3.63) is 97.1 Å². The molecule has 2 N–H and O–H groups in total. The Bertz CT molecular complexity index is 1600. The van der Waals surface area contributed by atoms with E-state index in [2.05, 4.69) is 34.4 Å². The number of ether oxygens (including phenoxy) is 2. The number of aliphatic hydroxyl groups excluding tert-OH is 1. The van der Waals surface area contributed by atoms with E-state index in [1.54, 1.807) is 12.2 Å². The number of halogens is 1. The van der Waals surface area contributed by atoms with Gasteiger partial charge in [-0.15, -0.1) is 13.2 Å². The second-order valence-corrected chi connectivity index (χ2v) is 15.7. The minimum absolute atomic E-state index is 0.0131. The summed E-state index contributed by atoms with van der Waals surface area (Å²) >= 11 is 3.77. The first kappa shape index (κ1) is 37.9. The van der Waals surface area contributed by atoms with Gasteiger partial charge in [-0.3, -0.25) is 19.2 Å². The Kier molecular flexibility index (Phi) is 12.3. The van der Waals surface area contributed by atoms with Gasteiger partial charge in [-0.1, -0.05) is 108 Å². The molecule has 2 bridgehead atoms. The third-order valence-corrected chi connectivity index (χ3v) is 12.1. The van der Waals surface area contributed by atoms with E-state index in [-0.39, 0.29) is 42.3 Å². The van der Waals surface area contributed by atoms with E-state index < -0.39 is 53.6 Å². The number of allylic oxidation sites excluding steroid dienone is 1. The van der Waals surface area contributed by atoms with Gasteiger partial charge in [0.2, 0.25) is 17.7 Å². The molecule has 1 aliphatic carbocycles. The quantitative estimate of drug-likeness (QED) is 0.139. The third-order valence-electron chi connectivity index (χ3n) is 11.3. The van der Waals surface area contributed by atoms with Crippen LogP contribution in [-0.4, -0.2) is 93.0 Å². The molecule has 11 heteroatoms. The average molecular weight is 777 g/mol. The van der Waals surface area contributed by atoms with E-state index in [1.165, 1.54) is 4.90 Å². The molecule has 10 nitrogen and oxygen atoms in total. The molecule has 4 fully saturated rings. The fraction of sp³-hybridized carbons (Fsp3) is 0.512. The van der Waals surface area contributed by atoms with Gasteiger partial charge < -0.3 is 29.7 Å². The van der Waals surface area contributed by atoms with E-state index in [9.17, 15) is 19.5 Å². The van der Waals surface area contributed by atoms with Crippen LogP contribution < -0.4 is 5.32 Å². The number of benzene rings is 2. The Labute approximate surface area is 314 Å². The smallest absolute Gasteiger partial charge is 0.313 e. The second-order valence-electron chi connectivity index (χ2n) is 14.5. The molecule has 1 unspecified atom stereocenters. The van der Waals surface area contributed by atoms with Gasteiger partial charge in [0.25, 0.3) is 0 Å². The van der Waals surface area contributed by atoms with Crippen molar-refractivity contribution in [2.75, 3.05) is 19.7 Å². The Morgan fingerprint density at radius 3 is 2.40 bits per heavy atom. The van der Waals surface area contributed by atoms with Crippen LogP contribution in [0.15, 0.2) is 86.0 Å². The Hall–Kier alpha value is -3.80. The molecule has 0 aromatic heterocycles. The van der Waals surface area contributed by atoms with Crippen LogP contribution in [-0.2, 0) is 35.1 Å². The first-order chi connectivity index (χ1) is 25.2. The van der Waals surface area contributed by atoms with Gasteiger partial charge in [0.1, 0.15) is 17.7 Å².